The van der Waals surface area contributed by atoms with E-state index >= 15 is 0 Å². The normalized spacial score (nSPS) is 10.7. The molecular weight excluding hydrogens is 274 g/mol. The number of anilines is 1. The summed E-state index contributed by atoms with van der Waals surface area (Å²) < 4.78 is 0. The summed E-state index contributed by atoms with van der Waals surface area (Å²) in [6.45, 7) is 0. The number of benzene rings is 2. The van der Waals surface area contributed by atoms with Gasteiger partial charge in [-0.1, -0.05) is 12.1 Å². The van der Waals surface area contributed by atoms with Gasteiger partial charge in [-0.2, -0.15) is 5.10 Å². The summed E-state index contributed by atoms with van der Waals surface area (Å²) in [6, 6.07) is 12.8. The minimum absolute atomic E-state index is 0.148. The molecule has 3 aromatic rings. The van der Waals surface area contributed by atoms with Crippen molar-refractivity contribution >= 4 is 34.1 Å². The number of fused-ring (bicyclic) bond motifs is 1. The van der Waals surface area contributed by atoms with Crippen molar-refractivity contribution in [1.29, 1.82) is 0 Å². The van der Waals surface area contributed by atoms with Crippen molar-refractivity contribution in [2.24, 2.45) is 0 Å². The zero-order valence-electron chi connectivity index (χ0n) is 10.6. The molecule has 1 aromatic heterocycles. The standard InChI is InChI=1S/C15H12ClN3O/c16-8-10-1-3-11(4-2-10)15(20)18-13-6-5-12-9-17-19-14(12)7-13/h1-7,9H,8H2,(H,17,19)(H,18,20). The van der Waals surface area contributed by atoms with E-state index in [0.29, 0.717) is 11.4 Å². The van der Waals surface area contributed by atoms with Gasteiger partial charge in [0, 0.05) is 22.5 Å². The zero-order chi connectivity index (χ0) is 13.9. The Morgan fingerprint density at radius 3 is 2.75 bits per heavy atom. The molecule has 0 atom stereocenters. The minimum atomic E-state index is -0.148. The van der Waals surface area contributed by atoms with Gasteiger partial charge < -0.3 is 5.32 Å². The Balaban J connectivity index is 1.80. The van der Waals surface area contributed by atoms with Gasteiger partial charge in [0.05, 0.1) is 11.7 Å². The van der Waals surface area contributed by atoms with Gasteiger partial charge in [-0.25, -0.2) is 0 Å². The summed E-state index contributed by atoms with van der Waals surface area (Å²) in [7, 11) is 0. The van der Waals surface area contributed by atoms with Gasteiger partial charge in [0.25, 0.3) is 5.91 Å². The highest BCUT2D eigenvalue weighted by atomic mass is 35.5. The minimum Gasteiger partial charge on any atom is -0.322 e. The first-order chi connectivity index (χ1) is 9.76. The van der Waals surface area contributed by atoms with E-state index in [2.05, 4.69) is 15.5 Å². The second-order valence-corrected chi connectivity index (χ2v) is 4.72. The van der Waals surface area contributed by atoms with Crippen molar-refractivity contribution in [3.63, 3.8) is 0 Å². The van der Waals surface area contributed by atoms with Crippen molar-refractivity contribution in [1.82, 2.24) is 10.2 Å². The molecule has 0 bridgehead atoms. The van der Waals surface area contributed by atoms with Crippen LogP contribution in [0.15, 0.2) is 48.7 Å². The van der Waals surface area contributed by atoms with Crippen molar-refractivity contribution in [3.05, 3.63) is 59.8 Å². The number of nitrogens with zero attached hydrogens (tertiary/aromatic N) is 1. The van der Waals surface area contributed by atoms with Crippen LogP contribution in [-0.4, -0.2) is 16.1 Å². The third-order valence-electron chi connectivity index (χ3n) is 3.07. The predicted octanol–water partition coefficient (Wildman–Crippen LogP) is 3.55. The van der Waals surface area contributed by atoms with Gasteiger partial charge >= 0.3 is 0 Å². The number of carbonyl (C=O) groups excluding carboxylic acids is 1. The number of amides is 1. The molecule has 0 saturated carbocycles. The van der Waals surface area contributed by atoms with Crippen molar-refractivity contribution < 1.29 is 4.79 Å². The third-order valence-corrected chi connectivity index (χ3v) is 3.38. The zero-order valence-corrected chi connectivity index (χ0v) is 11.3. The molecule has 2 aromatic carbocycles. The van der Waals surface area contributed by atoms with E-state index in [0.717, 1.165) is 22.2 Å². The van der Waals surface area contributed by atoms with Crippen LogP contribution >= 0.6 is 11.6 Å². The summed E-state index contributed by atoms with van der Waals surface area (Å²) >= 11 is 5.72. The van der Waals surface area contributed by atoms with Crippen LogP contribution in [0.1, 0.15) is 15.9 Å². The Labute approximate surface area is 120 Å². The van der Waals surface area contributed by atoms with Gasteiger partial charge in [-0.15, -0.1) is 11.6 Å². The van der Waals surface area contributed by atoms with Crippen LogP contribution in [0.25, 0.3) is 10.9 Å². The average molecular weight is 286 g/mol. The Kier molecular flexibility index (Phi) is 3.39. The smallest absolute Gasteiger partial charge is 0.255 e. The van der Waals surface area contributed by atoms with Crippen molar-refractivity contribution in [3.8, 4) is 0 Å². The number of halogens is 1. The highest BCUT2D eigenvalue weighted by Crippen LogP contribution is 2.17. The Morgan fingerprint density at radius 2 is 2.00 bits per heavy atom. The van der Waals surface area contributed by atoms with Crippen LogP contribution in [0.2, 0.25) is 0 Å². The van der Waals surface area contributed by atoms with Crippen LogP contribution in [-0.2, 0) is 5.88 Å². The maximum Gasteiger partial charge on any atom is 0.255 e. The van der Waals surface area contributed by atoms with E-state index in [1.54, 1.807) is 18.3 Å². The fourth-order valence-corrected chi connectivity index (χ4v) is 2.14. The van der Waals surface area contributed by atoms with Crippen LogP contribution in [0.5, 0.6) is 0 Å². The van der Waals surface area contributed by atoms with Crippen LogP contribution < -0.4 is 5.32 Å². The van der Waals surface area contributed by atoms with Gasteiger partial charge in [-0.05, 0) is 35.9 Å². The largest absolute Gasteiger partial charge is 0.322 e. The summed E-state index contributed by atoms with van der Waals surface area (Å²) in [6.07, 6.45) is 1.74. The summed E-state index contributed by atoms with van der Waals surface area (Å²) in [5.74, 6) is 0.295. The van der Waals surface area contributed by atoms with E-state index in [9.17, 15) is 4.79 Å². The van der Waals surface area contributed by atoms with Crippen molar-refractivity contribution in [2.75, 3.05) is 5.32 Å². The molecule has 0 unspecified atom stereocenters. The molecule has 20 heavy (non-hydrogen) atoms. The van der Waals surface area contributed by atoms with E-state index in [1.807, 2.05) is 30.3 Å². The average Bonchev–Trinajstić information content (AvgIpc) is 2.95. The van der Waals surface area contributed by atoms with Crippen molar-refractivity contribution in [2.45, 2.75) is 5.88 Å². The molecule has 0 aliphatic carbocycles. The summed E-state index contributed by atoms with van der Waals surface area (Å²) in [5.41, 5.74) is 3.21. The highest BCUT2D eigenvalue weighted by Gasteiger charge is 2.06. The molecule has 1 heterocycles. The molecule has 100 valence electrons. The topological polar surface area (TPSA) is 57.8 Å². The molecule has 0 saturated heterocycles. The molecule has 0 aliphatic heterocycles. The number of H-pyrrole nitrogens is 1. The van der Waals surface area contributed by atoms with Crippen LogP contribution in [0.4, 0.5) is 5.69 Å². The van der Waals surface area contributed by atoms with Gasteiger partial charge in [0.15, 0.2) is 0 Å². The Hall–Kier alpha value is -2.33. The molecule has 0 radical (unpaired) electrons. The second kappa shape index (κ2) is 5.35. The summed E-state index contributed by atoms with van der Waals surface area (Å²) in [5, 5.41) is 10.7. The molecular formula is C15H12ClN3O. The monoisotopic (exact) mass is 285 g/mol. The number of carbonyl (C=O) groups is 1. The lowest BCUT2D eigenvalue weighted by atomic mass is 10.1. The second-order valence-electron chi connectivity index (χ2n) is 4.46. The summed E-state index contributed by atoms with van der Waals surface area (Å²) in [4.78, 5) is 12.1. The van der Waals surface area contributed by atoms with Gasteiger partial charge in [0.1, 0.15) is 0 Å². The maximum absolute atomic E-state index is 12.1. The number of hydrogen-bond donors (Lipinski definition) is 2. The van der Waals surface area contributed by atoms with Crippen LogP contribution in [0.3, 0.4) is 0 Å². The molecule has 4 nitrogen and oxygen atoms in total. The fourth-order valence-electron chi connectivity index (χ4n) is 1.96. The molecule has 0 fully saturated rings. The van der Waals surface area contributed by atoms with Gasteiger partial charge in [-0.3, -0.25) is 9.89 Å². The van der Waals surface area contributed by atoms with Gasteiger partial charge in [0.2, 0.25) is 0 Å². The lowest BCUT2D eigenvalue weighted by Crippen LogP contribution is -2.11. The number of alkyl halides is 1. The van der Waals surface area contributed by atoms with Crippen LogP contribution in [0, 0.1) is 0 Å². The molecule has 0 spiro atoms. The molecule has 3 rings (SSSR count). The Morgan fingerprint density at radius 1 is 1.20 bits per heavy atom. The highest BCUT2D eigenvalue weighted by molar-refractivity contribution is 6.17. The SMILES string of the molecule is O=C(Nc1ccc2cn[nH]c2c1)c1ccc(CCl)cc1. The van der Waals surface area contributed by atoms with E-state index in [1.165, 1.54) is 0 Å². The Bertz CT molecular complexity index is 749. The number of aromatic amines is 1. The number of hydrogen-bond acceptors (Lipinski definition) is 2. The molecule has 1 amide bonds. The number of rotatable bonds is 3. The van der Waals surface area contributed by atoms with E-state index in [4.69, 9.17) is 11.6 Å². The first-order valence-corrected chi connectivity index (χ1v) is 6.69. The fraction of sp³-hybridized carbons (Fsp3) is 0.0667. The predicted molar refractivity (Wildman–Crippen MR) is 80.0 cm³/mol. The molecule has 2 N–H and O–H groups in total. The van der Waals surface area contributed by atoms with E-state index in [-0.39, 0.29) is 5.91 Å². The maximum atomic E-state index is 12.1. The third kappa shape index (κ3) is 2.51. The first-order valence-electron chi connectivity index (χ1n) is 6.15. The first kappa shape index (κ1) is 12.7. The quantitative estimate of drug-likeness (QED) is 0.723. The molecule has 5 heteroatoms. The van der Waals surface area contributed by atoms with E-state index < -0.39 is 0 Å². The number of nitrogens with one attached hydrogen (secondary N) is 2. The molecule has 0 aliphatic rings. The lowest BCUT2D eigenvalue weighted by molar-refractivity contribution is 0.102. The number of aromatic nitrogens is 2. The lowest BCUT2D eigenvalue weighted by Gasteiger charge is -2.06.